The number of carbonyl (C=O) groups excluding carboxylic acids is 2. The summed E-state index contributed by atoms with van der Waals surface area (Å²) in [6, 6.07) is 11.2. The Hall–Kier alpha value is -2.78. The highest BCUT2D eigenvalue weighted by molar-refractivity contribution is 7.92. The topological polar surface area (TPSA) is 96.0 Å². The fourth-order valence-electron chi connectivity index (χ4n) is 3.40. The Kier molecular flexibility index (Phi) is 9.76. The Bertz CT molecular complexity index is 1120. The molecule has 0 aromatic heterocycles. The minimum Gasteiger partial charge on any atom is -0.495 e. The minimum atomic E-state index is -3.89. The molecule has 2 amide bonds. The lowest BCUT2D eigenvalue weighted by Gasteiger charge is -2.32. The van der Waals surface area contributed by atoms with Crippen molar-refractivity contribution in [3.63, 3.8) is 0 Å². The number of amides is 2. The molecule has 34 heavy (non-hydrogen) atoms. The summed E-state index contributed by atoms with van der Waals surface area (Å²) in [5.41, 5.74) is 1.96. The minimum absolute atomic E-state index is 0.143. The second-order valence-corrected chi connectivity index (χ2v) is 10.3. The van der Waals surface area contributed by atoms with Gasteiger partial charge in [-0.3, -0.25) is 13.9 Å². The van der Waals surface area contributed by atoms with E-state index in [0.29, 0.717) is 11.6 Å². The average Bonchev–Trinajstić information content (AvgIpc) is 2.79. The van der Waals surface area contributed by atoms with Crippen LogP contribution >= 0.6 is 11.6 Å². The van der Waals surface area contributed by atoms with Crippen LogP contribution in [0.25, 0.3) is 0 Å². The maximum Gasteiger partial charge on any atom is 0.244 e. The zero-order chi connectivity index (χ0) is 25.5. The van der Waals surface area contributed by atoms with Crippen molar-refractivity contribution < 1.29 is 22.7 Å². The fourth-order valence-corrected chi connectivity index (χ4v) is 4.41. The third-order valence-corrected chi connectivity index (χ3v) is 6.77. The molecule has 0 saturated carbocycles. The summed E-state index contributed by atoms with van der Waals surface area (Å²) < 4.78 is 31.7. The second-order valence-electron chi connectivity index (χ2n) is 8.00. The zero-order valence-corrected chi connectivity index (χ0v) is 21.7. The van der Waals surface area contributed by atoms with Crippen LogP contribution in [0.3, 0.4) is 0 Å². The second kappa shape index (κ2) is 12.1. The highest BCUT2D eigenvalue weighted by Crippen LogP contribution is 2.33. The first-order valence-corrected chi connectivity index (χ1v) is 13.1. The number of benzene rings is 2. The third kappa shape index (κ3) is 7.11. The molecule has 0 saturated heterocycles. The standard InChI is InChI=1S/C24H32ClN3O5S/c1-6-13-26-24(30)18(3)27(15-19-10-8-7-9-17(19)2)23(29)16-28(34(5,31)32)21-14-20(25)11-12-22(21)33-4/h7-12,14,18H,6,13,15-16H2,1-5H3,(H,26,30)/t18-/m0/s1. The van der Waals surface area contributed by atoms with Crippen molar-refractivity contribution in [1.82, 2.24) is 10.2 Å². The number of rotatable bonds is 11. The SMILES string of the molecule is CCCNC(=O)[C@H](C)N(Cc1ccccc1C)C(=O)CN(c1cc(Cl)ccc1OC)S(C)(=O)=O. The van der Waals surface area contributed by atoms with Gasteiger partial charge in [0.2, 0.25) is 21.8 Å². The smallest absolute Gasteiger partial charge is 0.244 e. The van der Waals surface area contributed by atoms with E-state index in [1.54, 1.807) is 13.0 Å². The van der Waals surface area contributed by atoms with Crippen LogP contribution in [-0.4, -0.2) is 57.6 Å². The Balaban J connectivity index is 2.46. The molecule has 2 aromatic rings. The number of hydrogen-bond donors (Lipinski definition) is 1. The molecule has 0 bridgehead atoms. The lowest BCUT2D eigenvalue weighted by atomic mass is 10.1. The summed E-state index contributed by atoms with van der Waals surface area (Å²) in [5.74, 6) is -0.591. The van der Waals surface area contributed by atoms with Crippen molar-refractivity contribution in [3.8, 4) is 5.75 Å². The maximum absolute atomic E-state index is 13.6. The zero-order valence-electron chi connectivity index (χ0n) is 20.2. The Labute approximate surface area is 206 Å². The molecule has 2 aromatic carbocycles. The number of nitrogens with zero attached hydrogens (tertiary/aromatic N) is 2. The summed E-state index contributed by atoms with van der Waals surface area (Å²) in [7, 11) is -2.49. The Morgan fingerprint density at radius 3 is 2.44 bits per heavy atom. The molecule has 2 rings (SSSR count). The van der Waals surface area contributed by atoms with Gasteiger partial charge in [0.15, 0.2) is 0 Å². The highest BCUT2D eigenvalue weighted by Gasteiger charge is 2.31. The monoisotopic (exact) mass is 509 g/mol. The molecule has 0 spiro atoms. The van der Waals surface area contributed by atoms with E-state index in [2.05, 4.69) is 5.32 Å². The highest BCUT2D eigenvalue weighted by atomic mass is 35.5. The first-order chi connectivity index (χ1) is 16.0. The van der Waals surface area contributed by atoms with Crippen LogP contribution < -0.4 is 14.4 Å². The molecule has 8 nitrogen and oxygen atoms in total. The van der Waals surface area contributed by atoms with Crippen LogP contribution in [-0.2, 0) is 26.2 Å². The first-order valence-electron chi connectivity index (χ1n) is 10.9. The number of aryl methyl sites for hydroxylation is 1. The molecule has 0 aliphatic heterocycles. The normalized spacial score (nSPS) is 12.1. The van der Waals surface area contributed by atoms with E-state index in [1.807, 2.05) is 38.1 Å². The van der Waals surface area contributed by atoms with E-state index in [4.69, 9.17) is 16.3 Å². The lowest BCUT2D eigenvalue weighted by Crippen LogP contribution is -2.51. The molecular weight excluding hydrogens is 478 g/mol. The van der Waals surface area contributed by atoms with Gasteiger partial charge in [-0.05, 0) is 49.6 Å². The van der Waals surface area contributed by atoms with Crippen molar-refractivity contribution in [3.05, 3.63) is 58.6 Å². The number of anilines is 1. The van der Waals surface area contributed by atoms with Gasteiger partial charge < -0.3 is 15.0 Å². The van der Waals surface area contributed by atoms with Crippen LogP contribution in [0, 0.1) is 6.92 Å². The summed E-state index contributed by atoms with van der Waals surface area (Å²) in [4.78, 5) is 27.7. The van der Waals surface area contributed by atoms with Crippen molar-refractivity contribution in [2.75, 3.05) is 30.8 Å². The molecule has 0 heterocycles. The van der Waals surface area contributed by atoms with Crippen molar-refractivity contribution in [1.29, 1.82) is 0 Å². The van der Waals surface area contributed by atoms with E-state index in [9.17, 15) is 18.0 Å². The number of sulfonamides is 1. The van der Waals surface area contributed by atoms with Gasteiger partial charge in [-0.25, -0.2) is 8.42 Å². The molecule has 0 unspecified atom stereocenters. The van der Waals surface area contributed by atoms with Gasteiger partial charge in [-0.2, -0.15) is 0 Å². The van der Waals surface area contributed by atoms with Gasteiger partial charge in [0, 0.05) is 18.1 Å². The van der Waals surface area contributed by atoms with Crippen LogP contribution in [0.2, 0.25) is 5.02 Å². The summed E-state index contributed by atoms with van der Waals surface area (Å²) in [6.07, 6.45) is 1.75. The molecule has 0 fully saturated rings. The molecule has 1 atom stereocenters. The average molecular weight is 510 g/mol. The molecular formula is C24H32ClN3O5S. The number of ether oxygens (including phenoxy) is 1. The van der Waals surface area contributed by atoms with E-state index >= 15 is 0 Å². The number of nitrogens with one attached hydrogen (secondary N) is 1. The quantitative estimate of drug-likeness (QED) is 0.501. The van der Waals surface area contributed by atoms with Crippen molar-refractivity contribution in [2.24, 2.45) is 0 Å². The predicted molar refractivity (Wildman–Crippen MR) is 135 cm³/mol. The summed E-state index contributed by atoms with van der Waals surface area (Å²) >= 11 is 6.11. The predicted octanol–water partition coefficient (Wildman–Crippen LogP) is 3.37. The van der Waals surface area contributed by atoms with Gasteiger partial charge in [0.05, 0.1) is 19.1 Å². The molecule has 186 valence electrons. The number of halogens is 1. The van der Waals surface area contributed by atoms with Gasteiger partial charge in [0.25, 0.3) is 0 Å². The first kappa shape index (κ1) is 27.5. The fraction of sp³-hybridized carbons (Fsp3) is 0.417. The summed E-state index contributed by atoms with van der Waals surface area (Å²) in [5, 5.41) is 3.10. The molecule has 0 aliphatic rings. The van der Waals surface area contributed by atoms with Gasteiger partial charge >= 0.3 is 0 Å². The van der Waals surface area contributed by atoms with Crippen LogP contribution in [0.1, 0.15) is 31.4 Å². The van der Waals surface area contributed by atoms with E-state index in [-0.39, 0.29) is 23.9 Å². The van der Waals surface area contributed by atoms with Crippen molar-refractivity contribution >= 4 is 39.1 Å². The van der Waals surface area contributed by atoms with Crippen LogP contribution in [0.15, 0.2) is 42.5 Å². The molecule has 0 aliphatic carbocycles. The Morgan fingerprint density at radius 1 is 1.18 bits per heavy atom. The number of methoxy groups -OCH3 is 1. The van der Waals surface area contributed by atoms with Gasteiger partial charge in [0.1, 0.15) is 18.3 Å². The van der Waals surface area contributed by atoms with E-state index in [1.165, 1.54) is 24.1 Å². The Morgan fingerprint density at radius 2 is 1.85 bits per heavy atom. The van der Waals surface area contributed by atoms with E-state index < -0.39 is 28.5 Å². The van der Waals surface area contributed by atoms with Crippen molar-refractivity contribution in [2.45, 2.75) is 39.8 Å². The van der Waals surface area contributed by atoms with Crippen LogP contribution in [0.5, 0.6) is 5.75 Å². The molecule has 1 N–H and O–H groups in total. The number of carbonyl (C=O) groups is 2. The largest absolute Gasteiger partial charge is 0.495 e. The van der Waals surface area contributed by atoms with Gasteiger partial charge in [-0.1, -0.05) is 42.8 Å². The molecule has 0 radical (unpaired) electrons. The van der Waals surface area contributed by atoms with E-state index in [0.717, 1.165) is 28.1 Å². The van der Waals surface area contributed by atoms with Gasteiger partial charge in [-0.15, -0.1) is 0 Å². The summed E-state index contributed by atoms with van der Waals surface area (Å²) in [6.45, 7) is 5.59. The van der Waals surface area contributed by atoms with Crippen LogP contribution in [0.4, 0.5) is 5.69 Å². The lowest BCUT2D eigenvalue weighted by molar-refractivity contribution is -0.139. The maximum atomic E-state index is 13.6. The number of hydrogen-bond acceptors (Lipinski definition) is 5. The third-order valence-electron chi connectivity index (χ3n) is 5.41. The molecule has 10 heteroatoms.